The molecule has 0 aliphatic carbocycles. The first-order chi connectivity index (χ1) is 10.9. The van der Waals surface area contributed by atoms with Gasteiger partial charge in [0.05, 0.1) is 21.6 Å². The van der Waals surface area contributed by atoms with Crippen LogP contribution in [-0.4, -0.2) is 67.9 Å². The van der Waals surface area contributed by atoms with Gasteiger partial charge in [-0.1, -0.05) is 23.2 Å². The quantitative estimate of drug-likeness (QED) is 0.791. The van der Waals surface area contributed by atoms with E-state index in [1.807, 2.05) is 0 Å². The van der Waals surface area contributed by atoms with Crippen molar-refractivity contribution in [2.24, 2.45) is 0 Å². The van der Waals surface area contributed by atoms with Gasteiger partial charge in [-0.25, -0.2) is 8.42 Å². The molecular formula is C15H18Cl2N2O3S. The van der Waals surface area contributed by atoms with Gasteiger partial charge in [0.15, 0.2) is 9.84 Å². The molecule has 2 aliphatic rings. The van der Waals surface area contributed by atoms with Crippen LogP contribution in [0.5, 0.6) is 0 Å². The predicted molar refractivity (Wildman–Crippen MR) is 91.0 cm³/mol. The van der Waals surface area contributed by atoms with E-state index in [2.05, 4.69) is 4.90 Å². The van der Waals surface area contributed by atoms with Crippen molar-refractivity contribution < 1.29 is 13.2 Å². The molecule has 1 aromatic carbocycles. The van der Waals surface area contributed by atoms with Crippen molar-refractivity contribution >= 4 is 38.9 Å². The van der Waals surface area contributed by atoms with E-state index in [-0.39, 0.29) is 23.5 Å². The van der Waals surface area contributed by atoms with Crippen molar-refractivity contribution in [3.8, 4) is 0 Å². The molecule has 2 saturated heterocycles. The van der Waals surface area contributed by atoms with Gasteiger partial charge in [0.25, 0.3) is 5.91 Å². The molecule has 1 amide bonds. The Labute approximate surface area is 146 Å². The van der Waals surface area contributed by atoms with E-state index in [4.69, 9.17) is 23.2 Å². The Morgan fingerprint density at radius 1 is 1.09 bits per heavy atom. The molecule has 0 spiro atoms. The number of piperazine rings is 1. The predicted octanol–water partition coefficient (Wildman–Crippen LogP) is 1.94. The number of rotatable bonds is 2. The summed E-state index contributed by atoms with van der Waals surface area (Å²) in [6.07, 6.45) is 0.697. The minimum atomic E-state index is -2.88. The molecule has 1 aromatic rings. The van der Waals surface area contributed by atoms with Crippen LogP contribution in [0, 0.1) is 0 Å². The van der Waals surface area contributed by atoms with Crippen molar-refractivity contribution in [3.05, 3.63) is 33.8 Å². The van der Waals surface area contributed by atoms with E-state index >= 15 is 0 Å². The largest absolute Gasteiger partial charge is 0.336 e. The highest BCUT2D eigenvalue weighted by Crippen LogP contribution is 2.24. The average Bonchev–Trinajstić information content (AvgIpc) is 2.89. The monoisotopic (exact) mass is 376 g/mol. The van der Waals surface area contributed by atoms with E-state index in [1.165, 1.54) is 0 Å². The number of hydrogen-bond acceptors (Lipinski definition) is 4. The van der Waals surface area contributed by atoms with Gasteiger partial charge < -0.3 is 4.90 Å². The van der Waals surface area contributed by atoms with Crippen LogP contribution in [0.4, 0.5) is 0 Å². The third-order valence-electron chi connectivity index (χ3n) is 4.49. The van der Waals surface area contributed by atoms with Crippen LogP contribution >= 0.6 is 23.2 Å². The lowest BCUT2D eigenvalue weighted by Crippen LogP contribution is -2.52. The third kappa shape index (κ3) is 3.82. The first kappa shape index (κ1) is 17.0. The summed E-state index contributed by atoms with van der Waals surface area (Å²) < 4.78 is 23.2. The molecule has 0 bridgehead atoms. The number of carbonyl (C=O) groups excluding carboxylic acids is 1. The van der Waals surface area contributed by atoms with Gasteiger partial charge in [0.2, 0.25) is 0 Å². The number of benzene rings is 1. The highest BCUT2D eigenvalue weighted by atomic mass is 35.5. The van der Waals surface area contributed by atoms with Crippen molar-refractivity contribution in [1.29, 1.82) is 0 Å². The van der Waals surface area contributed by atoms with Crippen molar-refractivity contribution in [3.63, 3.8) is 0 Å². The normalized spacial score (nSPS) is 24.8. The lowest BCUT2D eigenvalue weighted by Gasteiger charge is -2.37. The molecule has 0 radical (unpaired) electrons. The summed E-state index contributed by atoms with van der Waals surface area (Å²) >= 11 is 11.8. The average molecular weight is 377 g/mol. The van der Waals surface area contributed by atoms with Gasteiger partial charge >= 0.3 is 0 Å². The van der Waals surface area contributed by atoms with Crippen LogP contribution in [0.1, 0.15) is 16.8 Å². The van der Waals surface area contributed by atoms with Crippen LogP contribution in [-0.2, 0) is 9.84 Å². The van der Waals surface area contributed by atoms with E-state index in [9.17, 15) is 13.2 Å². The molecule has 0 unspecified atom stereocenters. The number of halogens is 2. The van der Waals surface area contributed by atoms with Crippen LogP contribution in [0.3, 0.4) is 0 Å². The summed E-state index contributed by atoms with van der Waals surface area (Å²) in [6.45, 7) is 2.59. The van der Waals surface area contributed by atoms with Gasteiger partial charge in [0, 0.05) is 37.8 Å². The minimum absolute atomic E-state index is 0.0674. The Hall–Kier alpha value is -0.820. The van der Waals surface area contributed by atoms with Crippen molar-refractivity contribution in [2.75, 3.05) is 37.7 Å². The smallest absolute Gasteiger partial charge is 0.253 e. The Morgan fingerprint density at radius 2 is 1.78 bits per heavy atom. The van der Waals surface area contributed by atoms with E-state index in [0.717, 1.165) is 0 Å². The van der Waals surface area contributed by atoms with Crippen LogP contribution in [0.2, 0.25) is 10.0 Å². The number of sulfone groups is 1. The zero-order valence-electron chi connectivity index (χ0n) is 12.5. The van der Waals surface area contributed by atoms with Gasteiger partial charge in [-0.3, -0.25) is 9.69 Å². The molecule has 3 rings (SSSR count). The maximum absolute atomic E-state index is 12.5. The summed E-state index contributed by atoms with van der Waals surface area (Å²) in [5, 5.41) is 0.794. The summed E-state index contributed by atoms with van der Waals surface area (Å²) in [5.74, 6) is 0.454. The molecule has 2 fully saturated rings. The third-order valence-corrected chi connectivity index (χ3v) is 6.98. The number of nitrogens with zero attached hydrogens (tertiary/aromatic N) is 2. The molecule has 5 nitrogen and oxygen atoms in total. The van der Waals surface area contributed by atoms with Gasteiger partial charge in [0.1, 0.15) is 0 Å². The highest BCUT2D eigenvalue weighted by molar-refractivity contribution is 7.91. The molecule has 126 valence electrons. The number of hydrogen-bond donors (Lipinski definition) is 0. The fraction of sp³-hybridized carbons (Fsp3) is 0.533. The second-order valence-corrected chi connectivity index (χ2v) is 9.06. The molecule has 8 heteroatoms. The highest BCUT2D eigenvalue weighted by Gasteiger charge is 2.34. The molecule has 0 saturated carbocycles. The Balaban J connectivity index is 1.60. The topological polar surface area (TPSA) is 57.7 Å². The SMILES string of the molecule is O=C(c1ccc(Cl)c(Cl)c1)N1CCN([C@@H]2CCS(=O)(=O)C2)CC1. The minimum Gasteiger partial charge on any atom is -0.336 e. The summed E-state index contributed by atoms with van der Waals surface area (Å²) in [5.41, 5.74) is 0.524. The first-order valence-corrected chi connectivity index (χ1v) is 10.1. The Morgan fingerprint density at radius 3 is 2.35 bits per heavy atom. The molecule has 2 heterocycles. The fourth-order valence-electron chi connectivity index (χ4n) is 3.17. The molecule has 0 aromatic heterocycles. The molecule has 2 aliphatic heterocycles. The molecule has 1 atom stereocenters. The second kappa shape index (κ2) is 6.59. The number of amides is 1. The number of carbonyl (C=O) groups is 1. The Kier molecular flexibility index (Phi) is 4.88. The lowest BCUT2D eigenvalue weighted by molar-refractivity contribution is 0.0588. The van der Waals surface area contributed by atoms with Crippen molar-refractivity contribution in [2.45, 2.75) is 12.5 Å². The van der Waals surface area contributed by atoms with Crippen LogP contribution in [0.15, 0.2) is 18.2 Å². The van der Waals surface area contributed by atoms with E-state index in [0.29, 0.717) is 48.2 Å². The summed E-state index contributed by atoms with van der Waals surface area (Å²) in [4.78, 5) is 16.5. The Bertz CT molecular complexity index is 715. The summed E-state index contributed by atoms with van der Waals surface area (Å²) in [6, 6.07) is 4.98. The van der Waals surface area contributed by atoms with E-state index < -0.39 is 9.84 Å². The van der Waals surface area contributed by atoms with Crippen LogP contribution < -0.4 is 0 Å². The summed E-state index contributed by atoms with van der Waals surface area (Å²) in [7, 11) is -2.88. The maximum atomic E-state index is 12.5. The standard InChI is InChI=1S/C15H18Cl2N2O3S/c16-13-2-1-11(9-14(13)17)15(20)19-6-4-18(5-7-19)12-3-8-23(21,22)10-12/h1-2,9,12H,3-8,10H2/t12-/m1/s1. The molecule has 0 N–H and O–H groups in total. The van der Waals surface area contributed by atoms with Crippen LogP contribution in [0.25, 0.3) is 0 Å². The fourth-order valence-corrected chi connectivity index (χ4v) is 5.22. The second-order valence-electron chi connectivity index (χ2n) is 6.01. The molecule has 23 heavy (non-hydrogen) atoms. The maximum Gasteiger partial charge on any atom is 0.253 e. The van der Waals surface area contributed by atoms with Gasteiger partial charge in [-0.2, -0.15) is 0 Å². The lowest BCUT2D eigenvalue weighted by atomic mass is 10.1. The van der Waals surface area contributed by atoms with Crippen molar-refractivity contribution in [1.82, 2.24) is 9.80 Å². The first-order valence-electron chi connectivity index (χ1n) is 7.54. The van der Waals surface area contributed by atoms with Gasteiger partial charge in [-0.15, -0.1) is 0 Å². The molecular weight excluding hydrogens is 359 g/mol. The zero-order valence-corrected chi connectivity index (χ0v) is 14.9. The zero-order chi connectivity index (χ0) is 16.6. The van der Waals surface area contributed by atoms with Gasteiger partial charge in [-0.05, 0) is 24.6 Å². The van der Waals surface area contributed by atoms with E-state index in [1.54, 1.807) is 23.1 Å².